The molecule has 0 amide bonds. The van der Waals surface area contributed by atoms with Crippen LogP contribution in [0, 0.1) is 0 Å². The van der Waals surface area contributed by atoms with E-state index in [0.717, 1.165) is 18.1 Å². The molecule has 0 aliphatic rings. The smallest absolute Gasteiger partial charge is 0.158 e. The van der Waals surface area contributed by atoms with Crippen LogP contribution in [-0.2, 0) is 6.54 Å². The van der Waals surface area contributed by atoms with Gasteiger partial charge >= 0.3 is 0 Å². The molecule has 2 N–H and O–H groups in total. The van der Waals surface area contributed by atoms with Gasteiger partial charge in [0.1, 0.15) is 5.69 Å². The first-order valence-corrected chi connectivity index (χ1v) is 4.54. The van der Waals surface area contributed by atoms with Crippen LogP contribution in [-0.4, -0.2) is 14.5 Å². The Morgan fingerprint density at radius 1 is 1.36 bits per heavy atom. The average Bonchev–Trinajstić information content (AvgIpc) is 2.65. The average molecular weight is 188 g/mol. The molecule has 0 spiro atoms. The largest absolute Gasteiger partial charge is 0.399 e. The summed E-state index contributed by atoms with van der Waals surface area (Å²) >= 11 is 0. The van der Waals surface area contributed by atoms with E-state index in [1.54, 1.807) is 18.5 Å². The SMILES string of the molecule is CCn1ccnc1-c1cc(N)ccn1. The van der Waals surface area contributed by atoms with E-state index in [9.17, 15) is 0 Å². The van der Waals surface area contributed by atoms with Gasteiger partial charge < -0.3 is 10.3 Å². The fourth-order valence-electron chi connectivity index (χ4n) is 1.37. The summed E-state index contributed by atoms with van der Waals surface area (Å²) in [5, 5.41) is 0. The molecule has 0 unspecified atom stereocenters. The van der Waals surface area contributed by atoms with Crippen LogP contribution < -0.4 is 5.73 Å². The van der Waals surface area contributed by atoms with E-state index < -0.39 is 0 Å². The molecular weight excluding hydrogens is 176 g/mol. The molecule has 0 saturated heterocycles. The van der Waals surface area contributed by atoms with Crippen LogP contribution in [0.1, 0.15) is 6.92 Å². The van der Waals surface area contributed by atoms with Crippen LogP contribution >= 0.6 is 0 Å². The molecule has 0 aliphatic heterocycles. The second-order valence-corrected chi connectivity index (χ2v) is 3.01. The minimum Gasteiger partial charge on any atom is -0.399 e. The maximum atomic E-state index is 5.68. The topological polar surface area (TPSA) is 56.7 Å². The van der Waals surface area contributed by atoms with Crippen LogP contribution in [0.5, 0.6) is 0 Å². The predicted octanol–water partition coefficient (Wildman–Crippen LogP) is 1.55. The molecule has 72 valence electrons. The van der Waals surface area contributed by atoms with Crippen molar-refractivity contribution in [1.29, 1.82) is 0 Å². The van der Waals surface area contributed by atoms with Crippen molar-refractivity contribution in [3.8, 4) is 11.5 Å². The summed E-state index contributed by atoms with van der Waals surface area (Å²) in [7, 11) is 0. The molecule has 0 fully saturated rings. The van der Waals surface area contributed by atoms with Gasteiger partial charge in [-0.2, -0.15) is 0 Å². The van der Waals surface area contributed by atoms with Gasteiger partial charge in [-0.05, 0) is 19.1 Å². The molecule has 14 heavy (non-hydrogen) atoms. The molecule has 0 aliphatic carbocycles. The van der Waals surface area contributed by atoms with Gasteiger partial charge in [-0.25, -0.2) is 4.98 Å². The van der Waals surface area contributed by atoms with E-state index in [1.807, 2.05) is 16.8 Å². The van der Waals surface area contributed by atoms with Gasteiger partial charge in [0.25, 0.3) is 0 Å². The lowest BCUT2D eigenvalue weighted by Crippen LogP contribution is -1.98. The zero-order valence-corrected chi connectivity index (χ0v) is 8.01. The Labute approximate surface area is 82.4 Å². The minimum atomic E-state index is 0.709. The number of hydrogen-bond donors (Lipinski definition) is 1. The summed E-state index contributed by atoms with van der Waals surface area (Å²) < 4.78 is 2.03. The summed E-state index contributed by atoms with van der Waals surface area (Å²) in [5.74, 6) is 0.861. The van der Waals surface area contributed by atoms with Crippen molar-refractivity contribution in [3.63, 3.8) is 0 Å². The molecule has 2 heterocycles. The van der Waals surface area contributed by atoms with Crippen molar-refractivity contribution in [2.24, 2.45) is 0 Å². The second kappa shape index (κ2) is 3.49. The normalized spacial score (nSPS) is 10.4. The van der Waals surface area contributed by atoms with Crippen LogP contribution in [0.4, 0.5) is 5.69 Å². The van der Waals surface area contributed by atoms with Crippen LogP contribution in [0.15, 0.2) is 30.7 Å². The van der Waals surface area contributed by atoms with Crippen molar-refractivity contribution in [2.75, 3.05) is 5.73 Å². The van der Waals surface area contributed by atoms with Crippen LogP contribution in [0.2, 0.25) is 0 Å². The predicted molar refractivity (Wildman–Crippen MR) is 55.5 cm³/mol. The standard InChI is InChI=1S/C10H12N4/c1-2-14-6-5-13-10(14)9-7-8(11)3-4-12-9/h3-7H,2H2,1H3,(H2,11,12). The molecule has 0 saturated carbocycles. The Bertz CT molecular complexity index is 433. The Kier molecular flexibility index (Phi) is 2.18. The van der Waals surface area contributed by atoms with Crippen LogP contribution in [0.25, 0.3) is 11.5 Å². The number of pyridine rings is 1. The molecule has 2 rings (SSSR count). The number of aromatic nitrogens is 3. The van der Waals surface area contributed by atoms with Crippen molar-refractivity contribution in [2.45, 2.75) is 13.5 Å². The first-order chi connectivity index (χ1) is 6.81. The van der Waals surface area contributed by atoms with Crippen molar-refractivity contribution < 1.29 is 0 Å². The Hall–Kier alpha value is -1.84. The number of nitrogen functional groups attached to an aromatic ring is 1. The minimum absolute atomic E-state index is 0.709. The van der Waals surface area contributed by atoms with Crippen molar-refractivity contribution >= 4 is 5.69 Å². The fraction of sp³-hybridized carbons (Fsp3) is 0.200. The highest BCUT2D eigenvalue weighted by molar-refractivity contribution is 5.56. The zero-order valence-electron chi connectivity index (χ0n) is 8.01. The summed E-state index contributed by atoms with van der Waals surface area (Å²) in [4.78, 5) is 8.47. The summed E-state index contributed by atoms with van der Waals surface area (Å²) in [6.45, 7) is 2.95. The van der Waals surface area contributed by atoms with Gasteiger partial charge in [-0.3, -0.25) is 4.98 Å². The van der Waals surface area contributed by atoms with E-state index in [0.29, 0.717) is 5.69 Å². The van der Waals surface area contributed by atoms with E-state index in [4.69, 9.17) is 5.73 Å². The molecule has 0 radical (unpaired) electrons. The lowest BCUT2D eigenvalue weighted by Gasteiger charge is -2.03. The number of nitrogens with zero attached hydrogens (tertiary/aromatic N) is 3. The number of hydrogen-bond acceptors (Lipinski definition) is 3. The number of anilines is 1. The highest BCUT2D eigenvalue weighted by atomic mass is 15.1. The summed E-state index contributed by atoms with van der Waals surface area (Å²) in [6.07, 6.45) is 5.39. The highest BCUT2D eigenvalue weighted by Crippen LogP contribution is 2.16. The molecular formula is C10H12N4. The van der Waals surface area contributed by atoms with Gasteiger partial charge in [0, 0.05) is 30.8 Å². The number of imidazole rings is 1. The second-order valence-electron chi connectivity index (χ2n) is 3.01. The lowest BCUT2D eigenvalue weighted by molar-refractivity contribution is 0.768. The van der Waals surface area contributed by atoms with E-state index in [2.05, 4.69) is 16.9 Å². The summed E-state index contributed by atoms with van der Waals surface area (Å²) in [6, 6.07) is 3.59. The highest BCUT2D eigenvalue weighted by Gasteiger charge is 2.05. The first kappa shape index (κ1) is 8.74. The van der Waals surface area contributed by atoms with E-state index >= 15 is 0 Å². The van der Waals surface area contributed by atoms with Crippen molar-refractivity contribution in [1.82, 2.24) is 14.5 Å². The van der Waals surface area contributed by atoms with Gasteiger partial charge in [0.05, 0.1) is 0 Å². The molecule has 0 bridgehead atoms. The molecule has 4 nitrogen and oxygen atoms in total. The molecule has 0 atom stereocenters. The van der Waals surface area contributed by atoms with Crippen molar-refractivity contribution in [3.05, 3.63) is 30.7 Å². The Balaban J connectivity index is 2.49. The zero-order chi connectivity index (χ0) is 9.97. The number of aryl methyl sites for hydroxylation is 1. The maximum Gasteiger partial charge on any atom is 0.158 e. The monoisotopic (exact) mass is 188 g/mol. The summed E-state index contributed by atoms with van der Waals surface area (Å²) in [5.41, 5.74) is 7.20. The maximum absolute atomic E-state index is 5.68. The fourth-order valence-corrected chi connectivity index (χ4v) is 1.37. The first-order valence-electron chi connectivity index (χ1n) is 4.54. The number of rotatable bonds is 2. The number of nitrogens with two attached hydrogens (primary N) is 1. The van der Waals surface area contributed by atoms with Crippen LogP contribution in [0.3, 0.4) is 0 Å². The third-order valence-electron chi connectivity index (χ3n) is 2.07. The third kappa shape index (κ3) is 1.46. The quantitative estimate of drug-likeness (QED) is 0.777. The van der Waals surface area contributed by atoms with E-state index in [-0.39, 0.29) is 0 Å². The Morgan fingerprint density at radius 2 is 2.21 bits per heavy atom. The molecule has 2 aromatic heterocycles. The lowest BCUT2D eigenvalue weighted by atomic mass is 10.3. The van der Waals surface area contributed by atoms with E-state index in [1.165, 1.54) is 0 Å². The van der Waals surface area contributed by atoms with Gasteiger partial charge in [-0.1, -0.05) is 0 Å². The van der Waals surface area contributed by atoms with Gasteiger partial charge in [0.15, 0.2) is 5.82 Å². The van der Waals surface area contributed by atoms with Gasteiger partial charge in [-0.15, -0.1) is 0 Å². The Morgan fingerprint density at radius 3 is 2.93 bits per heavy atom. The third-order valence-corrected chi connectivity index (χ3v) is 2.07. The molecule has 2 aromatic rings. The molecule has 0 aromatic carbocycles. The molecule has 4 heteroatoms. The van der Waals surface area contributed by atoms with Gasteiger partial charge in [0.2, 0.25) is 0 Å².